The molecule has 0 aliphatic rings. The van der Waals surface area contributed by atoms with Gasteiger partial charge in [0.2, 0.25) is 0 Å². The Kier molecular flexibility index (Phi) is 4.93. The van der Waals surface area contributed by atoms with Crippen molar-refractivity contribution in [2.45, 2.75) is 18.9 Å². The summed E-state index contributed by atoms with van der Waals surface area (Å²) in [6.45, 7) is 1.10. The monoisotopic (exact) mass is 246 g/mol. The molecule has 2 N–H and O–H groups in total. The van der Waals surface area contributed by atoms with Gasteiger partial charge in [-0.05, 0) is 42.7 Å². The van der Waals surface area contributed by atoms with E-state index in [1.807, 2.05) is 36.7 Å². The first-order valence-electron chi connectivity index (χ1n) is 6.14. The van der Waals surface area contributed by atoms with Crippen LogP contribution in [0.15, 0.2) is 47.3 Å². The van der Waals surface area contributed by atoms with Crippen LogP contribution in [-0.4, -0.2) is 18.1 Å². The van der Waals surface area contributed by atoms with Crippen LogP contribution in [-0.2, 0) is 11.2 Å². The first-order valence-corrected chi connectivity index (χ1v) is 6.14. The molecular weight excluding hydrogens is 228 g/mol. The van der Waals surface area contributed by atoms with Crippen molar-refractivity contribution in [2.75, 3.05) is 13.2 Å². The van der Waals surface area contributed by atoms with Gasteiger partial charge in [-0.1, -0.05) is 0 Å². The lowest BCUT2D eigenvalue weighted by molar-refractivity contribution is 0.0424. The van der Waals surface area contributed by atoms with Crippen LogP contribution >= 0.6 is 0 Å². The number of hydrogen-bond acceptors (Lipinski definition) is 4. The zero-order valence-electron chi connectivity index (χ0n) is 10.3. The Labute approximate surface area is 107 Å². The van der Waals surface area contributed by atoms with Crippen molar-refractivity contribution in [3.05, 3.63) is 54.2 Å². The minimum atomic E-state index is -0.141. The van der Waals surface area contributed by atoms with Gasteiger partial charge in [0.15, 0.2) is 0 Å². The standard InChI is InChI=1S/C14H18N2O2/c15-11-14(13-4-2-10-17-13)18-9-1-3-12-5-7-16-8-6-12/h2,4-8,10,14H,1,3,9,11,15H2. The fourth-order valence-corrected chi connectivity index (χ4v) is 1.79. The lowest BCUT2D eigenvalue weighted by Gasteiger charge is -2.13. The third kappa shape index (κ3) is 3.68. The van der Waals surface area contributed by atoms with E-state index in [1.165, 1.54) is 5.56 Å². The Bertz CT molecular complexity index is 428. The number of aryl methyl sites for hydroxylation is 1. The molecule has 0 aliphatic carbocycles. The molecule has 0 spiro atoms. The van der Waals surface area contributed by atoms with Crippen molar-refractivity contribution < 1.29 is 9.15 Å². The van der Waals surface area contributed by atoms with Crippen LogP contribution in [0.5, 0.6) is 0 Å². The topological polar surface area (TPSA) is 61.3 Å². The van der Waals surface area contributed by atoms with E-state index < -0.39 is 0 Å². The molecule has 0 saturated heterocycles. The Hall–Kier alpha value is -1.65. The van der Waals surface area contributed by atoms with Crippen molar-refractivity contribution in [1.29, 1.82) is 0 Å². The summed E-state index contributed by atoms with van der Waals surface area (Å²) >= 11 is 0. The van der Waals surface area contributed by atoms with E-state index in [0.29, 0.717) is 13.2 Å². The van der Waals surface area contributed by atoms with Crippen LogP contribution in [0.25, 0.3) is 0 Å². The maximum atomic E-state index is 5.72. The van der Waals surface area contributed by atoms with E-state index in [-0.39, 0.29) is 6.10 Å². The van der Waals surface area contributed by atoms with E-state index in [2.05, 4.69) is 4.98 Å². The third-order valence-corrected chi connectivity index (χ3v) is 2.75. The van der Waals surface area contributed by atoms with Crippen LogP contribution in [0.4, 0.5) is 0 Å². The summed E-state index contributed by atoms with van der Waals surface area (Å²) in [5.74, 6) is 0.793. The van der Waals surface area contributed by atoms with Gasteiger partial charge in [-0.3, -0.25) is 4.98 Å². The van der Waals surface area contributed by atoms with E-state index >= 15 is 0 Å². The van der Waals surface area contributed by atoms with Gasteiger partial charge < -0.3 is 14.9 Å². The minimum absolute atomic E-state index is 0.141. The number of nitrogens with zero attached hydrogens (tertiary/aromatic N) is 1. The first-order chi connectivity index (χ1) is 8.90. The summed E-state index contributed by atoms with van der Waals surface area (Å²) in [4.78, 5) is 3.99. The van der Waals surface area contributed by atoms with E-state index in [9.17, 15) is 0 Å². The lowest BCUT2D eigenvalue weighted by atomic mass is 10.1. The molecule has 0 bridgehead atoms. The van der Waals surface area contributed by atoms with Gasteiger partial charge >= 0.3 is 0 Å². The maximum Gasteiger partial charge on any atom is 0.133 e. The van der Waals surface area contributed by atoms with Gasteiger partial charge in [-0.15, -0.1) is 0 Å². The predicted molar refractivity (Wildman–Crippen MR) is 69.0 cm³/mol. The second-order valence-electron chi connectivity index (χ2n) is 4.07. The van der Waals surface area contributed by atoms with Crippen LogP contribution in [0.3, 0.4) is 0 Å². The van der Waals surface area contributed by atoms with Gasteiger partial charge in [0.1, 0.15) is 11.9 Å². The number of ether oxygens (including phenoxy) is 1. The normalized spacial score (nSPS) is 12.5. The molecule has 0 radical (unpaired) electrons. The average Bonchev–Trinajstić information content (AvgIpc) is 2.94. The van der Waals surface area contributed by atoms with Crippen molar-refractivity contribution in [3.8, 4) is 0 Å². The summed E-state index contributed by atoms with van der Waals surface area (Å²) in [7, 11) is 0. The number of furan rings is 1. The number of hydrogen-bond donors (Lipinski definition) is 1. The Balaban J connectivity index is 1.71. The van der Waals surface area contributed by atoms with E-state index in [0.717, 1.165) is 18.6 Å². The first kappa shape index (κ1) is 12.8. The molecule has 0 saturated carbocycles. The summed E-state index contributed by atoms with van der Waals surface area (Å²) < 4.78 is 11.0. The number of pyridine rings is 1. The van der Waals surface area contributed by atoms with Gasteiger partial charge in [-0.25, -0.2) is 0 Å². The highest BCUT2D eigenvalue weighted by molar-refractivity contribution is 5.09. The molecular formula is C14H18N2O2. The molecule has 4 nitrogen and oxygen atoms in total. The molecule has 1 unspecified atom stereocenters. The molecule has 2 aromatic rings. The summed E-state index contributed by atoms with van der Waals surface area (Å²) in [6, 6.07) is 7.78. The molecule has 0 aromatic carbocycles. The largest absolute Gasteiger partial charge is 0.467 e. The second kappa shape index (κ2) is 6.93. The van der Waals surface area contributed by atoms with Gasteiger partial charge in [0.25, 0.3) is 0 Å². The fourth-order valence-electron chi connectivity index (χ4n) is 1.79. The molecule has 4 heteroatoms. The van der Waals surface area contributed by atoms with E-state index in [4.69, 9.17) is 14.9 Å². The molecule has 0 fully saturated rings. The van der Waals surface area contributed by atoms with E-state index in [1.54, 1.807) is 6.26 Å². The lowest BCUT2D eigenvalue weighted by Crippen LogP contribution is -2.16. The van der Waals surface area contributed by atoms with Crippen LogP contribution in [0, 0.1) is 0 Å². The minimum Gasteiger partial charge on any atom is -0.467 e. The van der Waals surface area contributed by atoms with Crippen molar-refractivity contribution in [2.24, 2.45) is 5.73 Å². The molecule has 0 amide bonds. The van der Waals surface area contributed by atoms with Crippen molar-refractivity contribution >= 4 is 0 Å². The fraction of sp³-hybridized carbons (Fsp3) is 0.357. The van der Waals surface area contributed by atoms with Gasteiger partial charge in [0.05, 0.1) is 6.26 Å². The highest BCUT2D eigenvalue weighted by Crippen LogP contribution is 2.16. The predicted octanol–water partition coefficient (Wildman–Crippen LogP) is 2.32. The zero-order chi connectivity index (χ0) is 12.6. The zero-order valence-corrected chi connectivity index (χ0v) is 10.3. The van der Waals surface area contributed by atoms with Crippen molar-refractivity contribution in [3.63, 3.8) is 0 Å². The third-order valence-electron chi connectivity index (χ3n) is 2.75. The van der Waals surface area contributed by atoms with Gasteiger partial charge in [-0.2, -0.15) is 0 Å². The summed E-state index contributed by atoms with van der Waals surface area (Å²) in [5.41, 5.74) is 6.94. The van der Waals surface area contributed by atoms with Crippen molar-refractivity contribution in [1.82, 2.24) is 4.98 Å². The molecule has 18 heavy (non-hydrogen) atoms. The SMILES string of the molecule is NCC(OCCCc1ccncc1)c1ccco1. The Morgan fingerprint density at radius 1 is 1.28 bits per heavy atom. The molecule has 0 aliphatic heterocycles. The molecule has 96 valence electrons. The smallest absolute Gasteiger partial charge is 0.133 e. The quantitative estimate of drug-likeness (QED) is 0.762. The maximum absolute atomic E-state index is 5.72. The number of nitrogens with two attached hydrogens (primary N) is 1. The molecule has 2 rings (SSSR count). The number of rotatable bonds is 7. The second-order valence-corrected chi connectivity index (χ2v) is 4.07. The molecule has 2 heterocycles. The highest BCUT2D eigenvalue weighted by Gasteiger charge is 2.12. The molecule has 1 atom stereocenters. The molecule has 2 aromatic heterocycles. The Morgan fingerprint density at radius 2 is 2.11 bits per heavy atom. The summed E-state index contributed by atoms with van der Waals surface area (Å²) in [5, 5.41) is 0. The summed E-state index contributed by atoms with van der Waals surface area (Å²) in [6.07, 6.45) is 7.05. The Morgan fingerprint density at radius 3 is 2.78 bits per heavy atom. The highest BCUT2D eigenvalue weighted by atomic mass is 16.5. The average molecular weight is 246 g/mol. The van der Waals surface area contributed by atoms with Gasteiger partial charge in [0, 0.05) is 25.5 Å². The van der Waals surface area contributed by atoms with Crippen LogP contribution in [0.2, 0.25) is 0 Å². The van der Waals surface area contributed by atoms with Crippen LogP contribution < -0.4 is 5.73 Å². The number of aromatic nitrogens is 1. The van der Waals surface area contributed by atoms with Crippen LogP contribution in [0.1, 0.15) is 23.8 Å².